The van der Waals surface area contributed by atoms with Gasteiger partial charge in [-0.2, -0.15) is 0 Å². The first kappa shape index (κ1) is 24.1. The summed E-state index contributed by atoms with van der Waals surface area (Å²) in [6, 6.07) is 9.01. The van der Waals surface area contributed by atoms with Gasteiger partial charge in [-0.25, -0.2) is 9.59 Å². The number of rotatable bonds is 10. The first-order valence-corrected chi connectivity index (χ1v) is 9.79. The lowest BCUT2D eigenvalue weighted by molar-refractivity contribution is -0.134. The minimum absolute atomic E-state index is 0.312. The van der Waals surface area contributed by atoms with Gasteiger partial charge in [0.2, 0.25) is 0 Å². The molecule has 0 saturated heterocycles. The molecule has 1 fully saturated rings. The Bertz CT molecular complexity index is 625. The van der Waals surface area contributed by atoms with Crippen LogP contribution in [-0.2, 0) is 19.7 Å². The zero-order valence-electron chi connectivity index (χ0n) is 16.5. The van der Waals surface area contributed by atoms with Crippen molar-refractivity contribution < 1.29 is 24.5 Å². The van der Waals surface area contributed by atoms with E-state index in [1.165, 1.54) is 37.7 Å². The summed E-state index contributed by atoms with van der Waals surface area (Å²) in [7, 11) is 3.87. The minimum atomic E-state index is -1.26. The second kappa shape index (κ2) is 12.5. The van der Waals surface area contributed by atoms with Crippen molar-refractivity contribution in [2.45, 2.75) is 50.0 Å². The van der Waals surface area contributed by atoms with Gasteiger partial charge in [0.25, 0.3) is 0 Å². The Hall–Kier alpha value is -1.89. The maximum Gasteiger partial charge on any atom is 0.328 e. The van der Waals surface area contributed by atoms with Crippen LogP contribution in [0.25, 0.3) is 0 Å². The van der Waals surface area contributed by atoms with Crippen LogP contribution < -0.4 is 5.32 Å². The number of carbonyl (C=O) groups is 2. The summed E-state index contributed by atoms with van der Waals surface area (Å²) >= 11 is 6.03. The maximum absolute atomic E-state index is 9.55. The molecule has 0 aromatic heterocycles. The van der Waals surface area contributed by atoms with E-state index in [-0.39, 0.29) is 0 Å². The predicted molar refractivity (Wildman–Crippen MR) is 110 cm³/mol. The standard InChI is InChI=1S/C17H26ClNO.C4H4O4/c1-19-16(6-3-4-13-20-2)17(11-5-12-17)14-7-9-15(18)10-8-14;5-3(6)1-2-4(7)8/h7-10,16,19H,3-6,11-13H2,1-2H3;1-2H,(H,5,6)(H,7,8)/b;2-1-. The van der Waals surface area contributed by atoms with E-state index in [1.807, 2.05) is 12.1 Å². The average molecular weight is 412 g/mol. The van der Waals surface area contributed by atoms with Gasteiger partial charge in [0.1, 0.15) is 0 Å². The number of carboxylic acids is 2. The molecule has 1 aromatic rings. The molecule has 28 heavy (non-hydrogen) atoms. The molecule has 0 aliphatic heterocycles. The number of halogens is 1. The summed E-state index contributed by atoms with van der Waals surface area (Å²) in [5.41, 5.74) is 1.76. The summed E-state index contributed by atoms with van der Waals surface area (Å²) in [4.78, 5) is 19.1. The second-order valence-electron chi connectivity index (χ2n) is 6.86. The highest BCUT2D eigenvalue weighted by Gasteiger charge is 2.44. The Morgan fingerprint density at radius 2 is 1.75 bits per heavy atom. The first-order chi connectivity index (χ1) is 13.4. The van der Waals surface area contributed by atoms with Crippen molar-refractivity contribution in [2.75, 3.05) is 20.8 Å². The van der Waals surface area contributed by atoms with Gasteiger partial charge in [-0.1, -0.05) is 30.2 Å². The fraction of sp³-hybridized carbons (Fsp3) is 0.524. The molecule has 0 amide bonds. The highest BCUT2D eigenvalue weighted by atomic mass is 35.5. The Labute approximate surface area is 171 Å². The highest BCUT2D eigenvalue weighted by molar-refractivity contribution is 6.30. The summed E-state index contributed by atoms with van der Waals surface area (Å²) in [6.45, 7) is 0.865. The van der Waals surface area contributed by atoms with Crippen LogP contribution in [0.2, 0.25) is 5.02 Å². The van der Waals surface area contributed by atoms with Crippen LogP contribution in [0.1, 0.15) is 44.1 Å². The fourth-order valence-electron chi connectivity index (χ4n) is 3.61. The normalized spacial score (nSPS) is 16.0. The molecule has 3 N–H and O–H groups in total. The van der Waals surface area contributed by atoms with Crippen LogP contribution in [-0.4, -0.2) is 49.0 Å². The van der Waals surface area contributed by atoms with E-state index in [9.17, 15) is 9.59 Å². The van der Waals surface area contributed by atoms with Crippen molar-refractivity contribution >= 4 is 23.5 Å². The number of hydrogen-bond acceptors (Lipinski definition) is 4. The van der Waals surface area contributed by atoms with Gasteiger partial charge in [0, 0.05) is 42.3 Å². The van der Waals surface area contributed by atoms with Crippen LogP contribution >= 0.6 is 11.6 Å². The SMILES string of the molecule is CNC(CCCCOC)C1(c2ccc(Cl)cc2)CCC1.O=C(O)/C=C\C(=O)O. The van der Waals surface area contributed by atoms with Crippen molar-refractivity contribution in [1.29, 1.82) is 0 Å². The molecule has 0 spiro atoms. The van der Waals surface area contributed by atoms with E-state index in [0.29, 0.717) is 23.6 Å². The van der Waals surface area contributed by atoms with Gasteiger partial charge in [-0.15, -0.1) is 0 Å². The molecule has 1 saturated carbocycles. The molecule has 0 heterocycles. The third-order valence-corrected chi connectivity index (χ3v) is 5.39. The van der Waals surface area contributed by atoms with Gasteiger partial charge in [-0.05, 0) is 56.8 Å². The zero-order chi connectivity index (χ0) is 21.0. The van der Waals surface area contributed by atoms with Gasteiger partial charge >= 0.3 is 11.9 Å². The highest BCUT2D eigenvalue weighted by Crippen LogP contribution is 2.47. The molecule has 0 bridgehead atoms. The maximum atomic E-state index is 9.55. The van der Waals surface area contributed by atoms with Crippen LogP contribution in [0, 0.1) is 0 Å². The van der Waals surface area contributed by atoms with E-state index in [0.717, 1.165) is 18.1 Å². The molecule has 1 aliphatic rings. The Kier molecular flexibility index (Phi) is 10.8. The lowest BCUT2D eigenvalue weighted by Crippen LogP contribution is -2.51. The van der Waals surface area contributed by atoms with Crippen LogP contribution in [0.3, 0.4) is 0 Å². The van der Waals surface area contributed by atoms with Crippen molar-refractivity contribution in [3.8, 4) is 0 Å². The van der Waals surface area contributed by atoms with Crippen LogP contribution in [0.15, 0.2) is 36.4 Å². The van der Waals surface area contributed by atoms with Crippen LogP contribution in [0.5, 0.6) is 0 Å². The number of methoxy groups -OCH3 is 1. The molecule has 1 aromatic carbocycles. The minimum Gasteiger partial charge on any atom is -0.478 e. The summed E-state index contributed by atoms with van der Waals surface area (Å²) in [6.07, 6.45) is 8.58. The molecule has 1 atom stereocenters. The number of carboxylic acid groups (broad SMARTS) is 2. The van der Waals surface area contributed by atoms with E-state index in [4.69, 9.17) is 26.6 Å². The van der Waals surface area contributed by atoms with Crippen LogP contribution in [0.4, 0.5) is 0 Å². The van der Waals surface area contributed by atoms with Gasteiger partial charge < -0.3 is 20.3 Å². The largest absolute Gasteiger partial charge is 0.478 e. The molecule has 7 heteroatoms. The van der Waals surface area contributed by atoms with Crippen molar-refractivity contribution in [2.24, 2.45) is 0 Å². The van der Waals surface area contributed by atoms with Gasteiger partial charge in [0.15, 0.2) is 0 Å². The summed E-state index contributed by atoms with van der Waals surface area (Å²) in [5, 5.41) is 20.0. The molecular weight excluding hydrogens is 382 g/mol. The Balaban J connectivity index is 0.000000416. The number of hydrogen-bond donors (Lipinski definition) is 3. The number of nitrogens with one attached hydrogen (secondary N) is 1. The Morgan fingerprint density at radius 1 is 1.18 bits per heavy atom. The number of unbranched alkanes of at least 4 members (excludes halogenated alkanes) is 1. The lowest BCUT2D eigenvalue weighted by Gasteiger charge is -2.48. The first-order valence-electron chi connectivity index (χ1n) is 9.42. The third kappa shape index (κ3) is 7.62. The molecular formula is C21H30ClNO5. The quantitative estimate of drug-likeness (QED) is 0.399. The lowest BCUT2D eigenvalue weighted by atomic mass is 9.59. The zero-order valence-corrected chi connectivity index (χ0v) is 17.2. The van der Waals surface area contributed by atoms with Crippen molar-refractivity contribution in [1.82, 2.24) is 5.32 Å². The van der Waals surface area contributed by atoms with Gasteiger partial charge in [0.05, 0.1) is 0 Å². The molecule has 1 unspecified atom stereocenters. The molecule has 1 aliphatic carbocycles. The van der Waals surface area contributed by atoms with Crippen molar-refractivity contribution in [3.63, 3.8) is 0 Å². The van der Waals surface area contributed by atoms with E-state index in [2.05, 4.69) is 24.5 Å². The molecule has 156 valence electrons. The van der Waals surface area contributed by atoms with Gasteiger partial charge in [-0.3, -0.25) is 0 Å². The predicted octanol–water partition coefficient (Wildman–Crippen LogP) is 3.88. The summed E-state index contributed by atoms with van der Waals surface area (Å²) in [5.74, 6) is -2.51. The third-order valence-electron chi connectivity index (χ3n) is 5.14. The average Bonchev–Trinajstić information content (AvgIpc) is 2.63. The topological polar surface area (TPSA) is 95.9 Å². The fourth-order valence-corrected chi connectivity index (χ4v) is 3.74. The molecule has 6 nitrogen and oxygen atoms in total. The van der Waals surface area contributed by atoms with E-state index < -0.39 is 11.9 Å². The number of benzene rings is 1. The van der Waals surface area contributed by atoms with E-state index in [1.54, 1.807) is 7.11 Å². The second-order valence-corrected chi connectivity index (χ2v) is 7.29. The summed E-state index contributed by atoms with van der Waals surface area (Å²) < 4.78 is 5.15. The molecule has 2 rings (SSSR count). The number of aliphatic carboxylic acids is 2. The monoisotopic (exact) mass is 411 g/mol. The number of ether oxygens (including phenoxy) is 1. The molecule has 0 radical (unpaired) electrons. The Morgan fingerprint density at radius 3 is 2.14 bits per heavy atom. The van der Waals surface area contributed by atoms with E-state index >= 15 is 0 Å². The van der Waals surface area contributed by atoms with Crippen molar-refractivity contribution in [3.05, 3.63) is 47.0 Å². The number of likely N-dealkylation sites (N-methyl/N-ethyl adjacent to an activating group) is 1. The smallest absolute Gasteiger partial charge is 0.328 e.